The molecule has 152 valence electrons. The molecule has 0 atom stereocenters. The van der Waals surface area contributed by atoms with Gasteiger partial charge in [-0.25, -0.2) is 9.97 Å². The number of anilines is 4. The van der Waals surface area contributed by atoms with E-state index in [1.54, 1.807) is 6.20 Å². The normalized spacial score (nSPS) is 13.5. The highest BCUT2D eigenvalue weighted by Crippen LogP contribution is 2.23. The van der Waals surface area contributed by atoms with E-state index >= 15 is 0 Å². The van der Waals surface area contributed by atoms with Gasteiger partial charge >= 0.3 is 0 Å². The highest BCUT2D eigenvalue weighted by molar-refractivity contribution is 5.89. The molecule has 1 fully saturated rings. The van der Waals surface area contributed by atoms with Gasteiger partial charge in [-0.3, -0.25) is 9.59 Å². The van der Waals surface area contributed by atoms with E-state index in [1.807, 2.05) is 59.5 Å². The summed E-state index contributed by atoms with van der Waals surface area (Å²) in [6, 6.07) is 17.2. The highest BCUT2D eigenvalue weighted by atomic mass is 16.2. The first kappa shape index (κ1) is 19.4. The van der Waals surface area contributed by atoms with Gasteiger partial charge < -0.3 is 20.9 Å². The van der Waals surface area contributed by atoms with E-state index in [-0.39, 0.29) is 11.8 Å². The third-order valence-electron chi connectivity index (χ3n) is 4.68. The van der Waals surface area contributed by atoms with E-state index in [0.29, 0.717) is 19.0 Å². The molecular weight excluding hydrogens is 380 g/mol. The first-order chi connectivity index (χ1) is 14.6. The van der Waals surface area contributed by atoms with Crippen LogP contribution in [0.4, 0.5) is 23.0 Å². The molecule has 1 saturated heterocycles. The minimum absolute atomic E-state index is 0.0405. The molecule has 4 rings (SSSR count). The van der Waals surface area contributed by atoms with Gasteiger partial charge in [-0.1, -0.05) is 12.1 Å². The van der Waals surface area contributed by atoms with E-state index in [9.17, 15) is 9.59 Å². The third-order valence-corrected chi connectivity index (χ3v) is 4.68. The van der Waals surface area contributed by atoms with Crippen LogP contribution in [0, 0.1) is 0 Å². The van der Waals surface area contributed by atoms with Gasteiger partial charge in [0.1, 0.15) is 0 Å². The van der Waals surface area contributed by atoms with Crippen molar-refractivity contribution in [3.8, 4) is 11.3 Å². The first-order valence-corrected chi connectivity index (χ1v) is 9.67. The van der Waals surface area contributed by atoms with Crippen molar-refractivity contribution in [2.45, 2.75) is 6.92 Å². The van der Waals surface area contributed by atoms with Gasteiger partial charge in [-0.15, -0.1) is 0 Å². The number of carbonyl (C=O) groups is 2. The standard InChI is InChI=1S/C22H22N6O2/c1-15(29)25-17-4-2-16(3-5-17)20-10-11-24-22(27-20)26-18-6-8-19(9-7-18)28-13-12-23-21(30)14-28/h2-11H,12-14H2,1H3,(H,23,30)(H,25,29)(H,24,26,27). The predicted molar refractivity (Wildman–Crippen MR) is 117 cm³/mol. The number of nitrogens with zero attached hydrogens (tertiary/aromatic N) is 3. The Morgan fingerprint density at radius 1 is 1.03 bits per heavy atom. The number of carbonyl (C=O) groups excluding carboxylic acids is 2. The summed E-state index contributed by atoms with van der Waals surface area (Å²) >= 11 is 0. The van der Waals surface area contributed by atoms with E-state index < -0.39 is 0 Å². The smallest absolute Gasteiger partial charge is 0.239 e. The average Bonchev–Trinajstić information content (AvgIpc) is 2.75. The van der Waals surface area contributed by atoms with Gasteiger partial charge in [-0.05, 0) is 42.5 Å². The molecule has 0 unspecified atom stereocenters. The lowest BCUT2D eigenvalue weighted by molar-refractivity contribution is -0.120. The summed E-state index contributed by atoms with van der Waals surface area (Å²) in [6.07, 6.45) is 1.70. The largest absolute Gasteiger partial charge is 0.360 e. The number of hydrogen-bond acceptors (Lipinski definition) is 6. The SMILES string of the molecule is CC(=O)Nc1ccc(-c2ccnc(Nc3ccc(N4CCNC(=O)C4)cc3)n2)cc1. The number of piperazine rings is 1. The van der Waals surface area contributed by atoms with E-state index in [4.69, 9.17) is 0 Å². The van der Waals surface area contributed by atoms with Gasteiger partial charge in [0.15, 0.2) is 0 Å². The number of hydrogen-bond donors (Lipinski definition) is 3. The molecule has 0 aliphatic carbocycles. The van der Waals surface area contributed by atoms with Gasteiger partial charge in [0.2, 0.25) is 17.8 Å². The second-order valence-corrected chi connectivity index (χ2v) is 6.97. The van der Waals surface area contributed by atoms with Crippen molar-refractivity contribution in [3.63, 3.8) is 0 Å². The Labute approximate surface area is 174 Å². The first-order valence-electron chi connectivity index (χ1n) is 9.67. The molecule has 8 heteroatoms. The Hall–Kier alpha value is -3.94. The predicted octanol–water partition coefficient (Wildman–Crippen LogP) is 2.78. The summed E-state index contributed by atoms with van der Waals surface area (Å²) < 4.78 is 0. The van der Waals surface area contributed by atoms with Gasteiger partial charge in [-0.2, -0.15) is 0 Å². The van der Waals surface area contributed by atoms with Gasteiger partial charge in [0, 0.05) is 48.8 Å². The molecule has 2 amide bonds. The zero-order valence-electron chi connectivity index (χ0n) is 16.6. The fourth-order valence-electron chi connectivity index (χ4n) is 3.25. The van der Waals surface area contributed by atoms with Crippen LogP contribution in [0.2, 0.25) is 0 Å². The molecule has 3 N–H and O–H groups in total. The number of benzene rings is 2. The second-order valence-electron chi connectivity index (χ2n) is 6.97. The summed E-state index contributed by atoms with van der Waals surface area (Å²) in [5, 5.41) is 8.79. The third kappa shape index (κ3) is 4.72. The molecule has 1 aromatic heterocycles. The van der Waals surface area contributed by atoms with Crippen molar-refractivity contribution in [2.24, 2.45) is 0 Å². The summed E-state index contributed by atoms with van der Waals surface area (Å²) in [7, 11) is 0. The maximum atomic E-state index is 11.6. The number of rotatable bonds is 5. The summed E-state index contributed by atoms with van der Waals surface area (Å²) in [4.78, 5) is 33.6. The van der Waals surface area contributed by atoms with E-state index in [0.717, 1.165) is 34.9 Å². The molecule has 3 aromatic rings. The average molecular weight is 402 g/mol. The molecule has 30 heavy (non-hydrogen) atoms. The lowest BCUT2D eigenvalue weighted by atomic mass is 10.1. The molecule has 0 saturated carbocycles. The summed E-state index contributed by atoms with van der Waals surface area (Å²) in [5.41, 5.74) is 4.30. The molecule has 0 spiro atoms. The highest BCUT2D eigenvalue weighted by Gasteiger charge is 2.16. The second kappa shape index (κ2) is 8.60. The van der Waals surface area contributed by atoms with Crippen LogP contribution < -0.4 is 20.9 Å². The lowest BCUT2D eigenvalue weighted by Gasteiger charge is -2.28. The fraction of sp³-hybridized carbons (Fsp3) is 0.182. The fourth-order valence-corrected chi connectivity index (χ4v) is 3.25. The van der Waals surface area contributed by atoms with Crippen molar-refractivity contribution in [3.05, 3.63) is 60.8 Å². The van der Waals surface area contributed by atoms with Crippen molar-refractivity contribution < 1.29 is 9.59 Å². The molecule has 1 aliphatic heterocycles. The van der Waals surface area contributed by atoms with Crippen LogP contribution in [0.3, 0.4) is 0 Å². The Morgan fingerprint density at radius 2 is 1.77 bits per heavy atom. The van der Waals surface area contributed by atoms with Crippen LogP contribution in [0.25, 0.3) is 11.3 Å². The monoisotopic (exact) mass is 402 g/mol. The minimum Gasteiger partial charge on any atom is -0.360 e. The van der Waals surface area contributed by atoms with Gasteiger partial charge in [0.05, 0.1) is 12.2 Å². The molecule has 0 bridgehead atoms. The van der Waals surface area contributed by atoms with Gasteiger partial charge in [0.25, 0.3) is 0 Å². The maximum absolute atomic E-state index is 11.6. The number of amides is 2. The zero-order valence-corrected chi connectivity index (χ0v) is 16.6. The number of aromatic nitrogens is 2. The van der Waals surface area contributed by atoms with Crippen LogP contribution in [0.15, 0.2) is 60.8 Å². The van der Waals surface area contributed by atoms with Crippen LogP contribution in [-0.2, 0) is 9.59 Å². The molecule has 2 aromatic carbocycles. The van der Waals surface area contributed by atoms with Crippen molar-refractivity contribution in [2.75, 3.05) is 35.2 Å². The van der Waals surface area contributed by atoms with Crippen LogP contribution in [0.5, 0.6) is 0 Å². The van der Waals surface area contributed by atoms with E-state index in [1.165, 1.54) is 6.92 Å². The molecular formula is C22H22N6O2. The van der Waals surface area contributed by atoms with Crippen molar-refractivity contribution in [1.29, 1.82) is 0 Å². The van der Waals surface area contributed by atoms with Crippen LogP contribution in [-0.4, -0.2) is 41.4 Å². The van der Waals surface area contributed by atoms with E-state index in [2.05, 4.69) is 25.9 Å². The number of nitrogens with one attached hydrogen (secondary N) is 3. The molecule has 0 radical (unpaired) electrons. The lowest BCUT2D eigenvalue weighted by Crippen LogP contribution is -2.47. The Morgan fingerprint density at radius 3 is 2.47 bits per heavy atom. The molecule has 1 aliphatic rings. The topological polar surface area (TPSA) is 99.3 Å². The summed E-state index contributed by atoms with van der Waals surface area (Å²) in [5.74, 6) is 0.424. The van der Waals surface area contributed by atoms with Crippen LogP contribution in [0.1, 0.15) is 6.92 Å². The Kier molecular flexibility index (Phi) is 5.56. The minimum atomic E-state index is -0.106. The van der Waals surface area contributed by atoms with Crippen molar-refractivity contribution >= 4 is 34.8 Å². The molecule has 8 nitrogen and oxygen atoms in total. The Balaban J connectivity index is 1.45. The van der Waals surface area contributed by atoms with Crippen molar-refractivity contribution in [1.82, 2.24) is 15.3 Å². The maximum Gasteiger partial charge on any atom is 0.239 e. The quantitative estimate of drug-likeness (QED) is 0.607. The molecule has 2 heterocycles. The Bertz CT molecular complexity index is 1050. The zero-order chi connectivity index (χ0) is 20.9. The summed E-state index contributed by atoms with van der Waals surface area (Å²) in [6.45, 7) is 3.31. The van der Waals surface area contributed by atoms with Crippen LogP contribution >= 0.6 is 0 Å².